The van der Waals surface area contributed by atoms with Gasteiger partial charge in [-0.2, -0.15) is 0 Å². The highest BCUT2D eigenvalue weighted by atomic mass is 32.2. The summed E-state index contributed by atoms with van der Waals surface area (Å²) in [6.45, 7) is 20.6. The molecule has 0 spiro atoms. The van der Waals surface area contributed by atoms with Gasteiger partial charge in [-0.05, 0) is 41.7 Å². The first-order valence-electron chi connectivity index (χ1n) is 8.17. The van der Waals surface area contributed by atoms with Gasteiger partial charge in [-0.25, -0.2) is 8.42 Å². The van der Waals surface area contributed by atoms with E-state index in [0.717, 1.165) is 16.1 Å². The molecular weight excluding hydrogens is 374 g/mol. The first kappa shape index (κ1) is 22.5. The van der Waals surface area contributed by atoms with Gasteiger partial charge in [-0.15, -0.1) is 0 Å². The van der Waals surface area contributed by atoms with Crippen molar-refractivity contribution in [2.45, 2.75) is 6.92 Å². The summed E-state index contributed by atoms with van der Waals surface area (Å²) in [5.74, 6) is 0. The van der Waals surface area contributed by atoms with Crippen LogP contribution in [0.5, 0.6) is 0 Å². The molecule has 0 aromatic rings. The van der Waals surface area contributed by atoms with E-state index in [4.69, 9.17) is 0 Å². The van der Waals surface area contributed by atoms with E-state index in [9.17, 15) is 8.42 Å². The Morgan fingerprint density at radius 1 is 1.07 bits per heavy atom. The third-order valence-corrected chi connectivity index (χ3v) is 6.42. The van der Waals surface area contributed by atoms with Gasteiger partial charge in [0.05, 0.1) is 17.1 Å². The molecule has 142 valence electrons. The predicted molar refractivity (Wildman–Crippen MR) is 120 cm³/mol. The molecule has 1 heterocycles. The molecule has 0 N–H and O–H groups in total. The largest absolute Gasteiger partial charge is 0.264 e. The minimum absolute atomic E-state index is 0.117. The maximum absolute atomic E-state index is 13.4. The van der Waals surface area contributed by atoms with Gasteiger partial charge in [0.1, 0.15) is 0 Å². The van der Waals surface area contributed by atoms with Crippen molar-refractivity contribution in [3.8, 4) is 0 Å². The Balaban J connectivity index is 3.70. The van der Waals surface area contributed by atoms with Crippen LogP contribution in [0.25, 0.3) is 0 Å². The van der Waals surface area contributed by atoms with Gasteiger partial charge < -0.3 is 0 Å². The third-order valence-electron chi connectivity index (χ3n) is 3.73. The van der Waals surface area contributed by atoms with Gasteiger partial charge in [-0.3, -0.25) is 4.31 Å². The second-order valence-corrected chi connectivity index (χ2v) is 8.20. The van der Waals surface area contributed by atoms with Crippen LogP contribution in [0.3, 0.4) is 0 Å². The van der Waals surface area contributed by atoms with E-state index in [1.54, 1.807) is 29.7 Å². The van der Waals surface area contributed by atoms with E-state index >= 15 is 0 Å². The fraction of sp³-hybridized carbons (Fsp3) is 0.0909. The van der Waals surface area contributed by atoms with Crippen LogP contribution in [-0.4, -0.2) is 19.3 Å². The summed E-state index contributed by atoms with van der Waals surface area (Å²) in [5, 5.41) is 1.67. The molecule has 3 nitrogen and oxygen atoms in total. The molecule has 5 heteroatoms. The van der Waals surface area contributed by atoms with E-state index in [-0.39, 0.29) is 11.4 Å². The maximum atomic E-state index is 13.4. The molecule has 27 heavy (non-hydrogen) atoms. The minimum atomic E-state index is -3.83. The van der Waals surface area contributed by atoms with Gasteiger partial charge in [-0.1, -0.05) is 81.1 Å². The molecule has 1 aliphatic rings. The summed E-state index contributed by atoms with van der Waals surface area (Å²) in [5.41, 5.74) is 2.38. The van der Waals surface area contributed by atoms with E-state index < -0.39 is 10.0 Å². The summed E-state index contributed by atoms with van der Waals surface area (Å²) < 4.78 is 28.1. The third kappa shape index (κ3) is 5.25. The van der Waals surface area contributed by atoms with Crippen molar-refractivity contribution < 1.29 is 8.42 Å². The monoisotopic (exact) mass is 399 g/mol. The van der Waals surface area contributed by atoms with Gasteiger partial charge >= 0.3 is 0 Å². The first-order chi connectivity index (χ1) is 12.9. The average Bonchev–Trinajstić information content (AvgIpc) is 2.65. The first-order valence-corrected chi connectivity index (χ1v) is 10.5. The second kappa shape index (κ2) is 10.6. The van der Waals surface area contributed by atoms with Crippen molar-refractivity contribution in [3.05, 3.63) is 120 Å². The molecule has 0 saturated carbocycles. The topological polar surface area (TPSA) is 37.4 Å². The van der Waals surface area contributed by atoms with E-state index in [1.807, 2.05) is 13.0 Å². The molecule has 0 fully saturated rings. The molecule has 0 aromatic heterocycles. The average molecular weight is 400 g/mol. The molecule has 0 bridgehead atoms. The van der Waals surface area contributed by atoms with Crippen molar-refractivity contribution in [2.24, 2.45) is 0 Å². The fourth-order valence-corrected chi connectivity index (χ4v) is 4.80. The van der Waals surface area contributed by atoms with Crippen molar-refractivity contribution in [1.29, 1.82) is 0 Å². The van der Waals surface area contributed by atoms with Crippen LogP contribution in [0.15, 0.2) is 120 Å². The van der Waals surface area contributed by atoms with E-state index in [1.165, 1.54) is 40.4 Å². The smallest absolute Gasteiger partial charge is 0.261 e. The SMILES string of the molecule is C=C/C=C\C1=C(C)C(SC=C)=C(C=C)N(S(=O)(=O)C(/C=C\C=C)=C/C=C)C1. The lowest BCUT2D eigenvalue weighted by Gasteiger charge is -2.33. The Hall–Kier alpha value is -2.50. The lowest BCUT2D eigenvalue weighted by atomic mass is 10.0. The van der Waals surface area contributed by atoms with Crippen molar-refractivity contribution in [2.75, 3.05) is 6.54 Å². The van der Waals surface area contributed by atoms with E-state index in [2.05, 4.69) is 32.9 Å². The Morgan fingerprint density at radius 3 is 2.26 bits per heavy atom. The highest BCUT2D eigenvalue weighted by Crippen LogP contribution is 2.39. The number of rotatable bonds is 10. The highest BCUT2D eigenvalue weighted by molar-refractivity contribution is 8.06. The number of nitrogens with zero attached hydrogens (tertiary/aromatic N) is 1. The van der Waals surface area contributed by atoms with Gasteiger partial charge in [0.2, 0.25) is 0 Å². The molecule has 0 aliphatic carbocycles. The lowest BCUT2D eigenvalue weighted by molar-refractivity contribution is 0.508. The van der Waals surface area contributed by atoms with Gasteiger partial charge in [0, 0.05) is 4.91 Å². The number of hydrogen-bond acceptors (Lipinski definition) is 3. The number of sulfonamides is 1. The Kier molecular flexibility index (Phi) is 8.85. The minimum Gasteiger partial charge on any atom is -0.261 e. The zero-order valence-electron chi connectivity index (χ0n) is 15.6. The van der Waals surface area contributed by atoms with Crippen LogP contribution < -0.4 is 0 Å². The van der Waals surface area contributed by atoms with Gasteiger partial charge in [0.15, 0.2) is 0 Å². The van der Waals surface area contributed by atoms with Crippen molar-refractivity contribution in [1.82, 2.24) is 4.31 Å². The highest BCUT2D eigenvalue weighted by Gasteiger charge is 2.32. The zero-order valence-corrected chi connectivity index (χ0v) is 17.2. The quantitative estimate of drug-likeness (QED) is 0.437. The molecule has 0 radical (unpaired) electrons. The van der Waals surface area contributed by atoms with Crippen molar-refractivity contribution >= 4 is 21.8 Å². The van der Waals surface area contributed by atoms with Crippen LogP contribution in [-0.2, 0) is 10.0 Å². The van der Waals surface area contributed by atoms with E-state index in [0.29, 0.717) is 5.70 Å². The Labute approximate surface area is 167 Å². The predicted octanol–water partition coefficient (Wildman–Crippen LogP) is 5.78. The number of allylic oxidation sites excluding steroid dienone is 9. The fourth-order valence-electron chi connectivity index (χ4n) is 2.45. The summed E-state index contributed by atoms with van der Waals surface area (Å²) in [6.07, 6.45) is 14.4. The normalized spacial score (nSPS) is 16.2. The van der Waals surface area contributed by atoms with Crippen molar-refractivity contribution in [3.63, 3.8) is 0 Å². The van der Waals surface area contributed by atoms with Crippen LogP contribution in [0, 0.1) is 0 Å². The molecule has 1 rings (SSSR count). The summed E-state index contributed by atoms with van der Waals surface area (Å²) >= 11 is 1.37. The molecule has 0 amide bonds. The van der Waals surface area contributed by atoms with Crippen LogP contribution >= 0.6 is 11.8 Å². The molecule has 1 aliphatic heterocycles. The Bertz CT molecular complexity index is 895. The maximum Gasteiger partial charge on any atom is 0.264 e. The number of hydrogen-bond donors (Lipinski definition) is 0. The van der Waals surface area contributed by atoms with Crippen LogP contribution in [0.1, 0.15) is 6.92 Å². The summed E-state index contributed by atoms with van der Waals surface area (Å²) in [4.78, 5) is 0.912. The molecule has 0 aromatic carbocycles. The lowest BCUT2D eigenvalue weighted by Crippen LogP contribution is -2.35. The number of thioether (sulfide) groups is 1. The molecule has 0 unspecified atom stereocenters. The molecule has 0 saturated heterocycles. The summed E-state index contributed by atoms with van der Waals surface area (Å²) in [6, 6.07) is 0. The molecular formula is C22H25NO2S2. The Morgan fingerprint density at radius 2 is 1.74 bits per heavy atom. The van der Waals surface area contributed by atoms with Crippen LogP contribution in [0.2, 0.25) is 0 Å². The zero-order chi connectivity index (χ0) is 20.4. The molecule has 0 atom stereocenters. The standard InChI is InChI=1S/C22H25NO2S2/c1-7-12-15-19-17-23(21(10-4)22(18(19)6)26-11-5)27(24,25)20(14-9-3)16-13-8-2/h7-16H,1-5,17H2,6H3/b15-12-,16-13-,20-14+. The van der Waals surface area contributed by atoms with Crippen LogP contribution in [0.4, 0.5) is 0 Å². The van der Waals surface area contributed by atoms with Gasteiger partial charge in [0.25, 0.3) is 10.0 Å². The second-order valence-electron chi connectivity index (χ2n) is 5.36. The summed E-state index contributed by atoms with van der Waals surface area (Å²) in [7, 11) is -3.83.